The summed E-state index contributed by atoms with van der Waals surface area (Å²) in [5.74, 6) is 0.106. The van der Waals surface area contributed by atoms with Crippen molar-refractivity contribution in [2.24, 2.45) is 0 Å². The summed E-state index contributed by atoms with van der Waals surface area (Å²) < 4.78 is 11.4. The van der Waals surface area contributed by atoms with Gasteiger partial charge < -0.3 is 25.4 Å². The molecule has 0 atom stereocenters. The van der Waals surface area contributed by atoms with E-state index in [9.17, 15) is 14.4 Å². The predicted molar refractivity (Wildman–Crippen MR) is 170 cm³/mol. The van der Waals surface area contributed by atoms with Crippen LogP contribution in [0, 0.1) is 0 Å². The summed E-state index contributed by atoms with van der Waals surface area (Å²) in [5, 5.41) is 8.42. The summed E-state index contributed by atoms with van der Waals surface area (Å²) in [4.78, 5) is 39.7. The Labute approximate surface area is 256 Å². The first-order valence-corrected chi connectivity index (χ1v) is 14.5. The van der Waals surface area contributed by atoms with E-state index in [1.807, 2.05) is 36.4 Å². The van der Waals surface area contributed by atoms with Gasteiger partial charge in [0.2, 0.25) is 5.91 Å². The van der Waals surface area contributed by atoms with E-state index in [0.29, 0.717) is 28.4 Å². The summed E-state index contributed by atoms with van der Waals surface area (Å²) in [6, 6.07) is 28.3. The summed E-state index contributed by atoms with van der Waals surface area (Å²) in [6.45, 7) is 0. The number of benzene rings is 4. The van der Waals surface area contributed by atoms with E-state index >= 15 is 0 Å². The average molecular weight is 647 g/mol. The highest BCUT2D eigenvalue weighted by Crippen LogP contribution is 2.29. The van der Waals surface area contributed by atoms with Gasteiger partial charge >= 0.3 is 0 Å². The summed E-state index contributed by atoms with van der Waals surface area (Å²) >= 11 is 4.71. The minimum Gasteiger partial charge on any atom is -0.497 e. The quantitative estimate of drug-likeness (QED) is 0.125. The van der Waals surface area contributed by atoms with Crippen LogP contribution in [0.15, 0.2) is 112 Å². The van der Waals surface area contributed by atoms with Crippen LogP contribution in [0.25, 0.3) is 6.08 Å². The number of thioether (sulfide) groups is 1. The topological polar surface area (TPSA) is 106 Å². The van der Waals surface area contributed by atoms with Crippen LogP contribution in [0.1, 0.15) is 15.9 Å². The van der Waals surface area contributed by atoms with Crippen LogP contribution in [0.3, 0.4) is 0 Å². The van der Waals surface area contributed by atoms with E-state index in [4.69, 9.17) is 9.47 Å². The molecule has 0 aliphatic heterocycles. The molecule has 214 valence electrons. The lowest BCUT2D eigenvalue weighted by atomic mass is 10.1. The second-order valence-corrected chi connectivity index (χ2v) is 10.8. The van der Waals surface area contributed by atoms with Gasteiger partial charge in [0.1, 0.15) is 17.2 Å². The fraction of sp³-hybridized carbons (Fsp3) is 0.0938. The Morgan fingerprint density at radius 1 is 0.833 bits per heavy atom. The van der Waals surface area contributed by atoms with Gasteiger partial charge in [-0.25, -0.2) is 0 Å². The first-order valence-electron chi connectivity index (χ1n) is 12.7. The van der Waals surface area contributed by atoms with Crippen molar-refractivity contribution in [3.8, 4) is 11.5 Å². The van der Waals surface area contributed by atoms with Gasteiger partial charge in [-0.15, -0.1) is 11.8 Å². The number of carbonyl (C=O) groups is 3. The summed E-state index contributed by atoms with van der Waals surface area (Å²) in [7, 11) is 3.07. The van der Waals surface area contributed by atoms with Crippen LogP contribution in [0.5, 0.6) is 11.5 Å². The average Bonchev–Trinajstić information content (AvgIpc) is 3.01. The van der Waals surface area contributed by atoms with E-state index < -0.39 is 11.8 Å². The van der Waals surface area contributed by atoms with Crippen molar-refractivity contribution >= 4 is 62.9 Å². The molecule has 0 saturated heterocycles. The van der Waals surface area contributed by atoms with Gasteiger partial charge in [0.25, 0.3) is 11.8 Å². The Bertz CT molecular complexity index is 1590. The molecule has 0 saturated carbocycles. The molecule has 0 fully saturated rings. The number of rotatable bonds is 11. The van der Waals surface area contributed by atoms with Crippen molar-refractivity contribution in [3.63, 3.8) is 0 Å². The number of hydrogen-bond acceptors (Lipinski definition) is 6. The Kier molecular flexibility index (Phi) is 10.8. The SMILES string of the molecule is COc1ccc(OC)c(NC(=O)CSc2cccc(NC(=O)/C(=C/c3ccc(Br)cc3)NC(=O)c3ccccc3)c2)c1. The maximum atomic E-state index is 13.3. The smallest absolute Gasteiger partial charge is 0.272 e. The first kappa shape index (κ1) is 30.4. The number of carbonyl (C=O) groups excluding carboxylic acids is 3. The number of amides is 3. The van der Waals surface area contributed by atoms with E-state index in [1.54, 1.807) is 73.8 Å². The third-order valence-electron chi connectivity index (χ3n) is 5.85. The second-order valence-electron chi connectivity index (χ2n) is 8.81. The number of methoxy groups -OCH3 is 2. The molecule has 0 bridgehead atoms. The van der Waals surface area contributed by atoms with Crippen LogP contribution >= 0.6 is 27.7 Å². The van der Waals surface area contributed by atoms with Gasteiger partial charge in [-0.2, -0.15) is 0 Å². The Morgan fingerprint density at radius 3 is 2.31 bits per heavy atom. The van der Waals surface area contributed by atoms with Crippen LogP contribution in [-0.4, -0.2) is 37.7 Å². The third kappa shape index (κ3) is 8.73. The lowest BCUT2D eigenvalue weighted by molar-refractivity contribution is -0.114. The van der Waals surface area contributed by atoms with Crippen molar-refractivity contribution in [1.82, 2.24) is 5.32 Å². The number of halogens is 1. The second kappa shape index (κ2) is 14.9. The third-order valence-corrected chi connectivity index (χ3v) is 7.37. The summed E-state index contributed by atoms with van der Waals surface area (Å²) in [5.41, 5.74) is 2.26. The normalized spacial score (nSPS) is 10.9. The molecule has 0 radical (unpaired) electrons. The molecule has 0 spiro atoms. The number of nitrogens with one attached hydrogen (secondary N) is 3. The monoisotopic (exact) mass is 645 g/mol. The van der Waals surface area contributed by atoms with Gasteiger partial charge in [-0.3, -0.25) is 14.4 Å². The van der Waals surface area contributed by atoms with Gasteiger partial charge in [0.15, 0.2) is 0 Å². The lowest BCUT2D eigenvalue weighted by Crippen LogP contribution is -2.30. The van der Waals surface area contributed by atoms with E-state index in [0.717, 1.165) is 14.9 Å². The highest BCUT2D eigenvalue weighted by Gasteiger charge is 2.16. The first-order chi connectivity index (χ1) is 20.3. The van der Waals surface area contributed by atoms with E-state index in [-0.39, 0.29) is 17.4 Å². The van der Waals surface area contributed by atoms with Gasteiger partial charge in [0, 0.05) is 26.7 Å². The molecule has 3 amide bonds. The highest BCUT2D eigenvalue weighted by molar-refractivity contribution is 9.10. The molecule has 42 heavy (non-hydrogen) atoms. The standard InChI is InChI=1S/C32H28BrN3O5S/c1-40-25-15-16-29(41-2)27(19-25)35-30(37)20-42-26-10-6-9-24(18-26)34-32(39)28(17-21-11-13-23(33)14-12-21)36-31(38)22-7-4-3-5-8-22/h3-19H,20H2,1-2H3,(H,34,39)(H,35,37)(H,36,38)/b28-17-. The van der Waals surface area contributed by atoms with Gasteiger partial charge in [-0.1, -0.05) is 52.3 Å². The Balaban J connectivity index is 1.44. The summed E-state index contributed by atoms with van der Waals surface area (Å²) in [6.07, 6.45) is 1.61. The molecular weight excluding hydrogens is 618 g/mol. The minimum atomic E-state index is -0.493. The molecule has 10 heteroatoms. The van der Waals surface area contributed by atoms with Crippen molar-refractivity contribution in [3.05, 3.63) is 118 Å². The molecule has 0 aliphatic carbocycles. The number of hydrogen-bond donors (Lipinski definition) is 3. The fourth-order valence-corrected chi connectivity index (χ4v) is 4.80. The molecule has 0 aromatic heterocycles. The molecule has 4 aromatic carbocycles. The zero-order valence-electron chi connectivity index (χ0n) is 22.8. The maximum Gasteiger partial charge on any atom is 0.272 e. The van der Waals surface area contributed by atoms with Crippen molar-refractivity contribution < 1.29 is 23.9 Å². The van der Waals surface area contributed by atoms with Crippen LogP contribution in [0.4, 0.5) is 11.4 Å². The molecule has 3 N–H and O–H groups in total. The molecular formula is C32H28BrN3O5S. The molecule has 0 aliphatic rings. The van der Waals surface area contributed by atoms with Gasteiger partial charge in [0.05, 0.1) is 25.7 Å². The van der Waals surface area contributed by atoms with Crippen molar-refractivity contribution in [2.45, 2.75) is 4.90 Å². The Morgan fingerprint density at radius 2 is 1.60 bits per heavy atom. The fourth-order valence-electron chi connectivity index (χ4n) is 3.78. The number of anilines is 2. The predicted octanol–water partition coefficient (Wildman–Crippen LogP) is 6.61. The molecule has 4 rings (SSSR count). The van der Waals surface area contributed by atoms with Crippen molar-refractivity contribution in [2.75, 3.05) is 30.6 Å². The Hall–Kier alpha value is -4.54. The largest absolute Gasteiger partial charge is 0.497 e. The van der Waals surface area contributed by atoms with Crippen LogP contribution in [0.2, 0.25) is 0 Å². The maximum absolute atomic E-state index is 13.3. The molecule has 8 nitrogen and oxygen atoms in total. The van der Waals surface area contributed by atoms with Crippen LogP contribution in [-0.2, 0) is 9.59 Å². The molecule has 4 aromatic rings. The van der Waals surface area contributed by atoms with Crippen LogP contribution < -0.4 is 25.4 Å². The lowest BCUT2D eigenvalue weighted by Gasteiger charge is -2.13. The van der Waals surface area contributed by atoms with Gasteiger partial charge in [-0.05, 0) is 66.2 Å². The number of ether oxygens (including phenoxy) is 2. The van der Waals surface area contributed by atoms with E-state index in [1.165, 1.54) is 18.9 Å². The molecule has 0 heterocycles. The van der Waals surface area contributed by atoms with E-state index in [2.05, 4.69) is 31.9 Å². The minimum absolute atomic E-state index is 0.0795. The zero-order valence-corrected chi connectivity index (χ0v) is 25.3. The highest BCUT2D eigenvalue weighted by atomic mass is 79.9. The zero-order chi connectivity index (χ0) is 29.9. The molecule has 0 unspecified atom stereocenters. The van der Waals surface area contributed by atoms with Crippen molar-refractivity contribution in [1.29, 1.82) is 0 Å².